The van der Waals surface area contributed by atoms with E-state index in [0.717, 1.165) is 21.9 Å². The number of rotatable bonds is 3. The minimum Gasteiger partial charge on any atom is -0.207 e. The average molecular weight is 434 g/mol. The number of fused-ring (bicyclic) bond motifs is 2. The summed E-state index contributed by atoms with van der Waals surface area (Å²) in [6.07, 6.45) is 0. The number of benzene rings is 6. The summed E-state index contributed by atoms with van der Waals surface area (Å²) in [6, 6.07) is 17.6. The van der Waals surface area contributed by atoms with Crippen LogP contribution in [0.15, 0.2) is 127 Å². The van der Waals surface area contributed by atoms with Crippen molar-refractivity contribution in [2.45, 2.75) is 0 Å². The van der Waals surface area contributed by atoms with Gasteiger partial charge in [-0.15, -0.1) is 0 Å². The molecule has 0 nitrogen and oxygen atoms in total. The van der Waals surface area contributed by atoms with Crippen LogP contribution in [-0.2, 0) is 0 Å². The molecule has 0 aromatic heterocycles. The lowest BCUT2D eigenvalue weighted by Crippen LogP contribution is -1.91. The molecule has 0 saturated carbocycles. The van der Waals surface area contributed by atoms with Gasteiger partial charge in [0.05, 0.1) is 12.3 Å². The molecule has 33 heavy (non-hydrogen) atoms. The van der Waals surface area contributed by atoms with Gasteiger partial charge in [0.1, 0.15) is 5.82 Å². The van der Waals surface area contributed by atoms with Crippen LogP contribution in [0.25, 0.3) is 54.9 Å². The topological polar surface area (TPSA) is 0 Å². The maximum absolute atomic E-state index is 14.5. The van der Waals surface area contributed by atoms with Crippen molar-refractivity contribution < 1.29 is 16.7 Å². The van der Waals surface area contributed by atoms with Crippen molar-refractivity contribution in [2.24, 2.45) is 0 Å². The molecule has 0 fully saturated rings. The van der Waals surface area contributed by atoms with Gasteiger partial charge in [0.25, 0.3) is 0 Å². The van der Waals surface area contributed by atoms with Crippen LogP contribution in [0.1, 0.15) is 12.3 Å². The lowest BCUT2D eigenvalue weighted by Gasteiger charge is -2.18. The Balaban J connectivity index is 1.65. The van der Waals surface area contributed by atoms with E-state index in [2.05, 4.69) is 0 Å². The van der Waals surface area contributed by atoms with Gasteiger partial charge in [0.15, 0.2) is 0 Å². The van der Waals surface area contributed by atoms with E-state index in [0.29, 0.717) is 21.9 Å². The molecule has 0 aliphatic carbocycles. The number of halogens is 1. The number of hydrogen-bond acceptors (Lipinski definition) is 0. The van der Waals surface area contributed by atoms with Gasteiger partial charge < -0.3 is 0 Å². The van der Waals surface area contributed by atoms with Crippen LogP contribution in [0.3, 0.4) is 0 Å². The normalized spacial score (nSPS) is 15.0. The van der Waals surface area contributed by atoms with Crippen molar-refractivity contribution in [1.82, 2.24) is 0 Å². The largest absolute Gasteiger partial charge is 0.207 e. The van der Waals surface area contributed by atoms with Gasteiger partial charge in [-0.3, -0.25) is 0 Å². The Morgan fingerprint density at radius 2 is 0.879 bits per heavy atom. The highest BCUT2D eigenvalue weighted by Crippen LogP contribution is 2.43. The molecule has 0 amide bonds. The Morgan fingerprint density at radius 3 is 1.39 bits per heavy atom. The molecule has 0 spiro atoms. The third kappa shape index (κ3) is 3.39. The molecular formula is C32H21F. The molecule has 0 bridgehead atoms. The van der Waals surface area contributed by atoms with Crippen LogP contribution in [0.2, 0.25) is 0 Å². The van der Waals surface area contributed by atoms with Crippen molar-refractivity contribution in [3.63, 3.8) is 0 Å². The van der Waals surface area contributed by atoms with Gasteiger partial charge in [-0.2, -0.15) is 0 Å². The van der Waals surface area contributed by atoms with Gasteiger partial charge >= 0.3 is 0 Å². The number of hydrogen-bond donors (Lipinski definition) is 0. The van der Waals surface area contributed by atoms with Gasteiger partial charge in [0, 0.05) is 0 Å². The smallest absolute Gasteiger partial charge is 0.123 e. The van der Waals surface area contributed by atoms with Crippen molar-refractivity contribution >= 4 is 21.5 Å². The Labute approximate surface area is 205 Å². The maximum Gasteiger partial charge on any atom is 0.123 e. The fourth-order valence-corrected chi connectivity index (χ4v) is 4.33. The lowest BCUT2D eigenvalue weighted by molar-refractivity contribution is 0.628. The minimum atomic E-state index is -1.20. The zero-order valence-electron chi connectivity index (χ0n) is 26.3. The van der Waals surface area contributed by atoms with E-state index in [1.807, 2.05) is 60.7 Å². The first-order chi connectivity index (χ1) is 20.0. The van der Waals surface area contributed by atoms with E-state index in [9.17, 15) is 4.39 Å². The lowest BCUT2D eigenvalue weighted by atomic mass is 9.86. The second-order valence-corrected chi connectivity index (χ2v) is 7.61. The summed E-state index contributed by atoms with van der Waals surface area (Å²) < 4.78 is 88.4. The minimum absolute atomic E-state index is 0.0156. The Bertz CT molecular complexity index is 1970. The fraction of sp³-hybridized carbons (Fsp3) is 0. The highest BCUT2D eigenvalue weighted by atomic mass is 19.1. The summed E-state index contributed by atoms with van der Waals surface area (Å²) in [4.78, 5) is 0. The zero-order valence-corrected chi connectivity index (χ0v) is 17.3. The molecule has 6 aromatic rings. The van der Waals surface area contributed by atoms with Gasteiger partial charge in [-0.1, -0.05) is 115 Å². The van der Waals surface area contributed by atoms with Crippen LogP contribution >= 0.6 is 0 Å². The zero-order chi connectivity index (χ0) is 30.0. The van der Waals surface area contributed by atoms with E-state index < -0.39 is 48.1 Å². The van der Waals surface area contributed by atoms with Crippen LogP contribution < -0.4 is 0 Å². The summed E-state index contributed by atoms with van der Waals surface area (Å²) >= 11 is 0. The van der Waals surface area contributed by atoms with Crippen molar-refractivity contribution in [2.75, 3.05) is 0 Å². The average Bonchev–Trinajstić information content (AvgIpc) is 3.01. The molecule has 0 atom stereocenters. The van der Waals surface area contributed by atoms with Crippen molar-refractivity contribution in [3.05, 3.63) is 133 Å². The van der Waals surface area contributed by atoms with E-state index in [1.165, 1.54) is 0 Å². The second-order valence-electron chi connectivity index (χ2n) is 7.61. The first-order valence-electron chi connectivity index (χ1n) is 14.9. The summed E-state index contributed by atoms with van der Waals surface area (Å²) in [5, 5.41) is 2.85. The molecule has 1 heteroatoms. The first kappa shape index (κ1) is 12.1. The van der Waals surface area contributed by atoms with Crippen molar-refractivity contribution in [3.8, 4) is 33.4 Å². The molecule has 6 aromatic carbocycles. The SMILES string of the molecule is [2H]c1c([2H])c([2H])c(-c2ccc(-c3c4ccccc4c(-c4c([2H])c([2H])c(F)c([2H])c4[2H])c4ccccc34)cc2)c([2H])c1[2H]. The Morgan fingerprint density at radius 1 is 0.424 bits per heavy atom. The molecule has 0 unspecified atom stereocenters. The Kier molecular flexibility index (Phi) is 2.95. The maximum atomic E-state index is 14.5. The highest BCUT2D eigenvalue weighted by Gasteiger charge is 2.16. The first-order valence-corrected chi connectivity index (χ1v) is 10.4. The quantitative estimate of drug-likeness (QED) is 0.244. The van der Waals surface area contributed by atoms with E-state index in [4.69, 9.17) is 12.3 Å². The van der Waals surface area contributed by atoms with Crippen LogP contribution in [0.5, 0.6) is 0 Å². The third-order valence-corrected chi connectivity index (χ3v) is 5.74. The molecule has 0 heterocycles. The molecule has 6 rings (SSSR count). The summed E-state index contributed by atoms with van der Waals surface area (Å²) in [6.45, 7) is 0. The van der Waals surface area contributed by atoms with Crippen molar-refractivity contribution in [1.29, 1.82) is 0 Å². The second kappa shape index (κ2) is 8.03. The molecule has 0 N–H and O–H groups in total. The van der Waals surface area contributed by atoms with Crippen LogP contribution in [0.4, 0.5) is 4.39 Å². The molecule has 0 radical (unpaired) electrons. The molecule has 0 aliphatic heterocycles. The summed E-state index contributed by atoms with van der Waals surface area (Å²) in [5.41, 5.74) is 2.67. The monoisotopic (exact) mass is 433 g/mol. The predicted molar refractivity (Wildman–Crippen MR) is 138 cm³/mol. The van der Waals surface area contributed by atoms with Gasteiger partial charge in [0.2, 0.25) is 0 Å². The molecule has 0 saturated heterocycles. The Hall–Kier alpha value is -4.23. The van der Waals surface area contributed by atoms with Crippen LogP contribution in [-0.4, -0.2) is 0 Å². The van der Waals surface area contributed by atoms with E-state index in [1.54, 1.807) is 12.1 Å². The van der Waals surface area contributed by atoms with Crippen LogP contribution in [0, 0.1) is 5.82 Å². The molecule has 156 valence electrons. The summed E-state index contributed by atoms with van der Waals surface area (Å²) in [7, 11) is 0. The van der Waals surface area contributed by atoms with Gasteiger partial charge in [-0.25, -0.2) is 4.39 Å². The van der Waals surface area contributed by atoms with Gasteiger partial charge in [-0.05, 0) is 67.0 Å². The predicted octanol–water partition coefficient (Wildman–Crippen LogP) is 9.13. The highest BCUT2D eigenvalue weighted by molar-refractivity contribution is 6.21. The van der Waals surface area contributed by atoms with E-state index >= 15 is 0 Å². The third-order valence-electron chi connectivity index (χ3n) is 5.74. The molecule has 0 aliphatic rings. The standard InChI is InChI=1S/C32H21F/c33-26-20-18-25(19-21-26)32-29-12-6-4-10-27(29)31(28-11-5-7-13-30(28)32)24-16-14-23(15-17-24)22-8-2-1-3-9-22/h1-21H/i1D,2D,3D,8D,9D,18D,19D,20D,21D. The molecular weight excluding hydrogens is 403 g/mol. The summed E-state index contributed by atoms with van der Waals surface area (Å²) in [5.74, 6) is -1.20. The fourth-order valence-electron chi connectivity index (χ4n) is 4.33. The van der Waals surface area contributed by atoms with E-state index in [-0.39, 0.29) is 23.2 Å².